The molecule has 0 fully saturated rings. The molecule has 5 heteroatoms. The van der Waals surface area contributed by atoms with Gasteiger partial charge >= 0.3 is 0 Å². The molecule has 134 valence electrons. The number of rotatable bonds is 6. The Balaban J connectivity index is 1.94. The minimum atomic E-state index is 0.0538. The number of hydrogen-bond acceptors (Lipinski definition) is 5. The number of benzene rings is 1. The molecular weight excluding hydrogens is 314 g/mol. The molecule has 0 saturated heterocycles. The van der Waals surface area contributed by atoms with Gasteiger partial charge in [-0.2, -0.15) is 0 Å². The van der Waals surface area contributed by atoms with Crippen LogP contribution in [0.3, 0.4) is 0 Å². The van der Waals surface area contributed by atoms with E-state index in [0.29, 0.717) is 6.61 Å². The molecule has 0 amide bonds. The predicted octanol–water partition coefficient (Wildman–Crippen LogP) is 3.21. The Hall–Kier alpha value is -1.98. The molecule has 0 saturated carbocycles. The van der Waals surface area contributed by atoms with E-state index in [1.165, 1.54) is 11.3 Å². The van der Waals surface area contributed by atoms with Crippen LogP contribution in [0.25, 0.3) is 11.1 Å². The molecule has 1 aliphatic heterocycles. The second-order valence-corrected chi connectivity index (χ2v) is 7.33. The van der Waals surface area contributed by atoms with E-state index in [0.717, 1.165) is 30.0 Å². The van der Waals surface area contributed by atoms with Crippen LogP contribution in [0.4, 0.5) is 5.69 Å². The van der Waals surface area contributed by atoms with Gasteiger partial charge in [-0.3, -0.25) is 0 Å². The fourth-order valence-electron chi connectivity index (χ4n) is 3.52. The highest BCUT2D eigenvalue weighted by Gasteiger charge is 2.36. The lowest BCUT2D eigenvalue weighted by Gasteiger charge is -2.26. The largest absolute Gasteiger partial charge is 0.382 e. The van der Waals surface area contributed by atoms with E-state index >= 15 is 0 Å². The van der Waals surface area contributed by atoms with Crippen molar-refractivity contribution in [3.8, 4) is 11.1 Å². The van der Waals surface area contributed by atoms with Crippen LogP contribution in [0.2, 0.25) is 0 Å². The standard InChI is InChI=1S/C20H27N3O2/c1-14-21-9-16(10-22-14)15-6-7-18-19(8-15)23(13-20(18,2)3)11-17(25-5)12-24-4/h6-10,17H,11-13H2,1-5H3. The second-order valence-electron chi connectivity index (χ2n) is 7.33. The molecule has 0 spiro atoms. The van der Waals surface area contributed by atoms with Gasteiger partial charge in [0.25, 0.3) is 0 Å². The Morgan fingerprint density at radius 1 is 1.16 bits per heavy atom. The SMILES string of the molecule is COCC(CN1CC(C)(C)c2ccc(-c3cnc(C)nc3)cc21)OC. The maximum Gasteiger partial charge on any atom is 0.125 e. The number of ether oxygens (including phenoxy) is 2. The van der Waals surface area contributed by atoms with Crippen LogP contribution < -0.4 is 4.90 Å². The first-order valence-corrected chi connectivity index (χ1v) is 8.65. The molecule has 2 aromatic rings. The maximum absolute atomic E-state index is 5.58. The van der Waals surface area contributed by atoms with E-state index in [9.17, 15) is 0 Å². The molecule has 0 N–H and O–H groups in total. The summed E-state index contributed by atoms with van der Waals surface area (Å²) in [6.07, 6.45) is 3.83. The molecule has 0 radical (unpaired) electrons. The van der Waals surface area contributed by atoms with E-state index in [-0.39, 0.29) is 11.5 Å². The molecule has 0 bridgehead atoms. The topological polar surface area (TPSA) is 47.5 Å². The fourth-order valence-corrected chi connectivity index (χ4v) is 3.52. The first kappa shape index (κ1) is 17.8. The van der Waals surface area contributed by atoms with Crippen LogP contribution in [-0.4, -0.2) is 50.0 Å². The molecule has 5 nitrogen and oxygen atoms in total. The third kappa shape index (κ3) is 3.67. The van der Waals surface area contributed by atoms with Crippen molar-refractivity contribution in [2.24, 2.45) is 0 Å². The van der Waals surface area contributed by atoms with Gasteiger partial charge in [-0.05, 0) is 24.1 Å². The molecule has 1 aromatic carbocycles. The number of fused-ring (bicyclic) bond motifs is 1. The highest BCUT2D eigenvalue weighted by atomic mass is 16.5. The fraction of sp³-hybridized carbons (Fsp3) is 0.500. The first-order valence-electron chi connectivity index (χ1n) is 8.65. The Kier molecular flexibility index (Phi) is 5.06. The quantitative estimate of drug-likeness (QED) is 0.807. The summed E-state index contributed by atoms with van der Waals surface area (Å²) < 4.78 is 10.9. The summed E-state index contributed by atoms with van der Waals surface area (Å²) in [5, 5.41) is 0. The lowest BCUT2D eigenvalue weighted by molar-refractivity contribution is 0.0328. The second kappa shape index (κ2) is 7.10. The average Bonchev–Trinajstić information content (AvgIpc) is 2.85. The van der Waals surface area contributed by atoms with Crippen molar-refractivity contribution in [1.29, 1.82) is 0 Å². The Morgan fingerprint density at radius 2 is 1.88 bits per heavy atom. The highest BCUT2D eigenvalue weighted by molar-refractivity contribution is 5.73. The summed E-state index contributed by atoms with van der Waals surface area (Å²) in [4.78, 5) is 11.0. The Morgan fingerprint density at radius 3 is 2.52 bits per heavy atom. The summed E-state index contributed by atoms with van der Waals surface area (Å²) in [5.74, 6) is 0.787. The molecule has 0 aliphatic carbocycles. The number of aromatic nitrogens is 2. The van der Waals surface area contributed by atoms with E-state index in [1.807, 2.05) is 19.3 Å². The highest BCUT2D eigenvalue weighted by Crippen LogP contribution is 2.42. The van der Waals surface area contributed by atoms with Gasteiger partial charge in [-0.25, -0.2) is 9.97 Å². The third-order valence-corrected chi connectivity index (χ3v) is 4.88. The van der Waals surface area contributed by atoms with Gasteiger partial charge in [-0.1, -0.05) is 26.0 Å². The van der Waals surface area contributed by atoms with Gasteiger partial charge < -0.3 is 14.4 Å². The van der Waals surface area contributed by atoms with Gasteiger partial charge in [0.2, 0.25) is 0 Å². The zero-order chi connectivity index (χ0) is 18.0. The summed E-state index contributed by atoms with van der Waals surface area (Å²) in [5.41, 5.74) is 4.93. The monoisotopic (exact) mass is 341 g/mol. The van der Waals surface area contributed by atoms with E-state index in [4.69, 9.17) is 9.47 Å². The van der Waals surface area contributed by atoms with Crippen LogP contribution in [0.1, 0.15) is 25.2 Å². The minimum Gasteiger partial charge on any atom is -0.382 e. The minimum absolute atomic E-state index is 0.0538. The Bertz CT molecular complexity index is 728. The first-order chi connectivity index (χ1) is 11.9. The lowest BCUT2D eigenvalue weighted by Crippen LogP contribution is -2.37. The zero-order valence-corrected chi connectivity index (χ0v) is 15.7. The van der Waals surface area contributed by atoms with Gasteiger partial charge in [0.1, 0.15) is 5.82 Å². The third-order valence-electron chi connectivity index (χ3n) is 4.88. The summed E-state index contributed by atoms with van der Waals surface area (Å²) in [7, 11) is 3.45. The summed E-state index contributed by atoms with van der Waals surface area (Å²) in [6.45, 7) is 8.86. The average molecular weight is 341 g/mol. The number of nitrogens with zero attached hydrogens (tertiary/aromatic N) is 3. The molecular formula is C20H27N3O2. The molecule has 3 rings (SSSR count). The van der Waals surface area contributed by atoms with Crippen LogP contribution >= 0.6 is 0 Å². The van der Waals surface area contributed by atoms with Crippen LogP contribution in [-0.2, 0) is 14.9 Å². The van der Waals surface area contributed by atoms with Crippen molar-refractivity contribution >= 4 is 5.69 Å². The summed E-state index contributed by atoms with van der Waals surface area (Å²) in [6, 6.07) is 6.65. The van der Waals surface area contributed by atoms with Gasteiger partial charge in [-0.15, -0.1) is 0 Å². The zero-order valence-electron chi connectivity index (χ0n) is 15.7. The maximum atomic E-state index is 5.58. The van der Waals surface area contributed by atoms with Crippen molar-refractivity contribution in [3.63, 3.8) is 0 Å². The molecule has 1 aromatic heterocycles. The number of methoxy groups -OCH3 is 2. The molecule has 25 heavy (non-hydrogen) atoms. The predicted molar refractivity (Wildman–Crippen MR) is 100 cm³/mol. The van der Waals surface area contributed by atoms with E-state index < -0.39 is 0 Å². The number of anilines is 1. The van der Waals surface area contributed by atoms with E-state index in [2.05, 4.69) is 46.9 Å². The summed E-state index contributed by atoms with van der Waals surface area (Å²) >= 11 is 0. The van der Waals surface area contributed by atoms with Gasteiger partial charge in [0, 0.05) is 56.4 Å². The molecule has 1 aliphatic rings. The van der Waals surface area contributed by atoms with Crippen molar-refractivity contribution in [2.75, 3.05) is 38.8 Å². The van der Waals surface area contributed by atoms with Crippen molar-refractivity contribution in [2.45, 2.75) is 32.3 Å². The van der Waals surface area contributed by atoms with Crippen LogP contribution in [0, 0.1) is 6.92 Å². The number of hydrogen-bond donors (Lipinski definition) is 0. The van der Waals surface area contributed by atoms with Crippen molar-refractivity contribution in [3.05, 3.63) is 42.0 Å². The van der Waals surface area contributed by atoms with Gasteiger partial charge in [0.15, 0.2) is 0 Å². The van der Waals surface area contributed by atoms with Gasteiger partial charge in [0.05, 0.1) is 12.7 Å². The molecule has 1 unspecified atom stereocenters. The van der Waals surface area contributed by atoms with Crippen LogP contribution in [0.15, 0.2) is 30.6 Å². The molecule has 2 heterocycles. The lowest BCUT2D eigenvalue weighted by atomic mass is 9.86. The Labute approximate surface area is 150 Å². The number of aryl methyl sites for hydroxylation is 1. The molecule has 1 atom stereocenters. The normalized spacial score (nSPS) is 16.8. The van der Waals surface area contributed by atoms with E-state index in [1.54, 1.807) is 14.2 Å². The van der Waals surface area contributed by atoms with Crippen LogP contribution in [0.5, 0.6) is 0 Å². The smallest absolute Gasteiger partial charge is 0.125 e. The van der Waals surface area contributed by atoms with Crippen molar-refractivity contribution in [1.82, 2.24) is 9.97 Å². The van der Waals surface area contributed by atoms with Crippen molar-refractivity contribution < 1.29 is 9.47 Å².